The van der Waals surface area contributed by atoms with E-state index in [1.807, 2.05) is 0 Å². The minimum atomic E-state index is -4.35. The van der Waals surface area contributed by atoms with Crippen LogP contribution in [0.2, 0.25) is 0 Å². The fourth-order valence-corrected chi connectivity index (χ4v) is 2.51. The summed E-state index contributed by atoms with van der Waals surface area (Å²) in [6.07, 6.45) is -2.42. The predicted molar refractivity (Wildman–Crippen MR) is 68.5 cm³/mol. The molecule has 0 saturated carbocycles. The number of carboxylic acid groups (broad SMARTS) is 1. The van der Waals surface area contributed by atoms with E-state index in [1.54, 1.807) is 6.20 Å². The first kappa shape index (κ1) is 14.5. The van der Waals surface area contributed by atoms with Gasteiger partial charge in [-0.15, -0.1) is 11.3 Å². The summed E-state index contributed by atoms with van der Waals surface area (Å²) in [5, 5.41) is 9.17. The fourth-order valence-electron chi connectivity index (χ4n) is 1.59. The Kier molecular flexibility index (Phi) is 4.08. The third-order valence-corrected chi connectivity index (χ3v) is 3.70. The molecule has 0 aliphatic carbocycles. The normalized spacial score (nSPS) is 11.6. The van der Waals surface area contributed by atoms with E-state index in [9.17, 15) is 18.0 Å². The van der Waals surface area contributed by atoms with Crippen molar-refractivity contribution in [3.8, 4) is 10.6 Å². The van der Waals surface area contributed by atoms with Gasteiger partial charge in [-0.2, -0.15) is 13.2 Å². The molecule has 2 aromatic rings. The number of halogens is 3. The highest BCUT2D eigenvalue weighted by Gasteiger charge is 2.30. The molecule has 0 saturated heterocycles. The summed E-state index contributed by atoms with van der Waals surface area (Å²) in [6.45, 7) is 0. The summed E-state index contributed by atoms with van der Waals surface area (Å²) in [4.78, 5) is 15.4. The van der Waals surface area contributed by atoms with E-state index in [-0.39, 0.29) is 6.42 Å². The maximum absolute atomic E-state index is 12.4. The second-order valence-electron chi connectivity index (χ2n) is 4.10. The van der Waals surface area contributed by atoms with Crippen molar-refractivity contribution in [2.24, 2.45) is 0 Å². The lowest BCUT2D eigenvalue weighted by atomic mass is 10.1. The second-order valence-corrected chi connectivity index (χ2v) is 5.22. The minimum Gasteiger partial charge on any atom is -0.481 e. The van der Waals surface area contributed by atoms with Gasteiger partial charge in [-0.25, -0.2) is 4.98 Å². The number of aromatic nitrogens is 1. The van der Waals surface area contributed by atoms with Crippen molar-refractivity contribution in [2.45, 2.75) is 19.0 Å². The molecule has 0 spiro atoms. The third-order valence-electron chi connectivity index (χ3n) is 2.60. The van der Waals surface area contributed by atoms with Gasteiger partial charge < -0.3 is 5.11 Å². The first-order valence-electron chi connectivity index (χ1n) is 5.70. The Labute approximate surface area is 116 Å². The Morgan fingerprint density at radius 1 is 1.25 bits per heavy atom. The van der Waals surface area contributed by atoms with Crippen LogP contribution in [0.5, 0.6) is 0 Å². The van der Waals surface area contributed by atoms with Crippen molar-refractivity contribution < 1.29 is 23.1 Å². The van der Waals surface area contributed by atoms with E-state index in [1.165, 1.54) is 23.5 Å². The summed E-state index contributed by atoms with van der Waals surface area (Å²) in [6, 6.07) is 4.74. The molecule has 20 heavy (non-hydrogen) atoms. The molecule has 0 radical (unpaired) electrons. The van der Waals surface area contributed by atoms with E-state index in [2.05, 4.69) is 4.98 Å². The molecule has 1 heterocycles. The van der Waals surface area contributed by atoms with E-state index >= 15 is 0 Å². The van der Waals surface area contributed by atoms with Crippen molar-refractivity contribution in [2.75, 3.05) is 0 Å². The number of carboxylic acids is 1. The van der Waals surface area contributed by atoms with Crippen LogP contribution >= 0.6 is 11.3 Å². The molecule has 0 aliphatic heterocycles. The Balaban J connectivity index is 2.14. The van der Waals surface area contributed by atoms with Crippen LogP contribution in [0.4, 0.5) is 13.2 Å². The summed E-state index contributed by atoms with van der Waals surface area (Å²) in [5.74, 6) is -0.894. The predicted octanol–water partition coefficient (Wildman–Crippen LogP) is 3.85. The van der Waals surface area contributed by atoms with Crippen LogP contribution in [-0.4, -0.2) is 16.1 Å². The summed E-state index contributed by atoms with van der Waals surface area (Å²) >= 11 is 1.29. The molecule has 0 fully saturated rings. The fraction of sp³-hybridized carbons (Fsp3) is 0.231. The maximum Gasteiger partial charge on any atom is 0.416 e. The van der Waals surface area contributed by atoms with Crippen molar-refractivity contribution in [1.82, 2.24) is 4.98 Å². The number of hydrogen-bond acceptors (Lipinski definition) is 3. The molecule has 7 heteroatoms. The van der Waals surface area contributed by atoms with Crippen LogP contribution in [0, 0.1) is 0 Å². The van der Waals surface area contributed by atoms with E-state index < -0.39 is 17.7 Å². The van der Waals surface area contributed by atoms with Crippen molar-refractivity contribution in [3.63, 3.8) is 0 Å². The smallest absolute Gasteiger partial charge is 0.416 e. The highest BCUT2D eigenvalue weighted by Crippen LogP contribution is 2.32. The summed E-state index contributed by atoms with van der Waals surface area (Å²) in [5.41, 5.74) is -0.117. The van der Waals surface area contributed by atoms with Crippen molar-refractivity contribution >= 4 is 17.3 Å². The van der Waals surface area contributed by atoms with Crippen molar-refractivity contribution in [1.29, 1.82) is 0 Å². The Morgan fingerprint density at radius 2 is 1.90 bits per heavy atom. The zero-order valence-corrected chi connectivity index (χ0v) is 11.0. The average molecular weight is 301 g/mol. The monoisotopic (exact) mass is 301 g/mol. The molecular formula is C13H10F3NO2S. The lowest BCUT2D eigenvalue weighted by Gasteiger charge is -2.06. The van der Waals surface area contributed by atoms with E-state index in [0.29, 0.717) is 17.0 Å². The first-order valence-corrected chi connectivity index (χ1v) is 6.52. The van der Waals surface area contributed by atoms with Crippen LogP contribution in [0.15, 0.2) is 30.5 Å². The zero-order valence-electron chi connectivity index (χ0n) is 10.1. The number of alkyl halides is 3. The molecule has 0 bridgehead atoms. The largest absolute Gasteiger partial charge is 0.481 e. The summed E-state index contributed by atoms with van der Waals surface area (Å²) in [7, 11) is 0. The molecule has 106 valence electrons. The van der Waals surface area contributed by atoms with Gasteiger partial charge in [-0.3, -0.25) is 4.79 Å². The van der Waals surface area contributed by atoms with Crippen LogP contribution in [0.3, 0.4) is 0 Å². The number of thiazole rings is 1. The van der Waals surface area contributed by atoms with Gasteiger partial charge >= 0.3 is 12.1 Å². The molecule has 0 unspecified atom stereocenters. The zero-order chi connectivity index (χ0) is 14.8. The van der Waals surface area contributed by atoms with Gasteiger partial charge in [0.05, 0.1) is 12.0 Å². The SMILES string of the molecule is O=C(O)CCc1cnc(-c2ccc(C(F)(F)F)cc2)s1. The number of hydrogen-bond donors (Lipinski definition) is 1. The number of rotatable bonds is 4. The van der Waals surface area contributed by atoms with Crippen LogP contribution in [0.1, 0.15) is 16.9 Å². The number of aliphatic carboxylic acids is 1. The lowest BCUT2D eigenvalue weighted by molar-refractivity contribution is -0.138. The highest BCUT2D eigenvalue weighted by atomic mass is 32.1. The average Bonchev–Trinajstić information content (AvgIpc) is 2.84. The van der Waals surface area contributed by atoms with Gasteiger partial charge in [-0.05, 0) is 18.6 Å². The maximum atomic E-state index is 12.4. The van der Waals surface area contributed by atoms with Gasteiger partial charge in [0.15, 0.2) is 0 Å². The number of benzene rings is 1. The Bertz CT molecular complexity index is 605. The van der Waals surface area contributed by atoms with Gasteiger partial charge in [0.1, 0.15) is 5.01 Å². The number of nitrogens with zero attached hydrogens (tertiary/aromatic N) is 1. The molecule has 3 nitrogen and oxygen atoms in total. The second kappa shape index (κ2) is 5.62. The quantitative estimate of drug-likeness (QED) is 0.933. The third kappa shape index (κ3) is 3.57. The molecule has 0 aliphatic rings. The molecule has 1 aromatic carbocycles. The first-order chi connectivity index (χ1) is 9.36. The van der Waals surface area contributed by atoms with Crippen molar-refractivity contribution in [3.05, 3.63) is 40.9 Å². The van der Waals surface area contributed by atoms with E-state index in [0.717, 1.165) is 17.0 Å². The van der Waals surface area contributed by atoms with Gasteiger partial charge in [0.2, 0.25) is 0 Å². The number of carbonyl (C=O) groups is 1. The lowest BCUT2D eigenvalue weighted by Crippen LogP contribution is -2.03. The van der Waals surface area contributed by atoms with Gasteiger partial charge in [-0.1, -0.05) is 12.1 Å². The van der Waals surface area contributed by atoms with Crippen LogP contribution in [0.25, 0.3) is 10.6 Å². The van der Waals surface area contributed by atoms with E-state index in [4.69, 9.17) is 5.11 Å². The standard InChI is InChI=1S/C13H10F3NO2S/c14-13(15,16)9-3-1-8(2-4-9)12-17-7-10(20-12)5-6-11(18)19/h1-4,7H,5-6H2,(H,18,19). The Hall–Kier alpha value is -1.89. The van der Waals surface area contributed by atoms with Crippen LogP contribution in [-0.2, 0) is 17.4 Å². The molecule has 0 atom stereocenters. The molecule has 0 amide bonds. The van der Waals surface area contributed by atoms with Gasteiger partial charge in [0, 0.05) is 16.6 Å². The molecule has 2 rings (SSSR count). The molecule has 1 N–H and O–H groups in total. The minimum absolute atomic E-state index is 0.00858. The molecular weight excluding hydrogens is 291 g/mol. The van der Waals surface area contributed by atoms with Crippen LogP contribution < -0.4 is 0 Å². The number of aryl methyl sites for hydroxylation is 1. The topological polar surface area (TPSA) is 50.2 Å². The Morgan fingerprint density at radius 3 is 2.45 bits per heavy atom. The summed E-state index contributed by atoms with van der Waals surface area (Å²) < 4.78 is 37.3. The van der Waals surface area contributed by atoms with Gasteiger partial charge in [0.25, 0.3) is 0 Å². The highest BCUT2D eigenvalue weighted by molar-refractivity contribution is 7.15. The molecule has 1 aromatic heterocycles.